The van der Waals surface area contributed by atoms with E-state index in [-0.39, 0.29) is 0 Å². The van der Waals surface area contributed by atoms with Crippen LogP contribution in [0.25, 0.3) is 0 Å². The zero-order chi connectivity index (χ0) is 17.5. The number of rotatable bonds is 3. The highest BCUT2D eigenvalue weighted by molar-refractivity contribution is 5.89. The van der Waals surface area contributed by atoms with Crippen molar-refractivity contribution in [2.24, 2.45) is 0 Å². The molecule has 2 heterocycles. The number of carboxylic acids is 2. The summed E-state index contributed by atoms with van der Waals surface area (Å²) < 4.78 is 0. The van der Waals surface area contributed by atoms with E-state index in [2.05, 4.69) is 53.2 Å². The van der Waals surface area contributed by atoms with Crippen molar-refractivity contribution in [3.05, 3.63) is 72.1 Å². The largest absolute Gasteiger partial charge is 0.478 e. The molecule has 2 N–H and O–H groups in total. The Morgan fingerprint density at radius 1 is 1.08 bits per heavy atom. The number of hydrogen-bond donors (Lipinski definition) is 2. The molecule has 124 valence electrons. The van der Waals surface area contributed by atoms with Gasteiger partial charge in [-0.05, 0) is 30.2 Å². The lowest BCUT2D eigenvalue weighted by molar-refractivity contribution is -0.134. The van der Waals surface area contributed by atoms with Gasteiger partial charge in [-0.15, -0.1) is 0 Å². The molecule has 1 aliphatic heterocycles. The fraction of sp³-hybridized carbons (Fsp3) is 0.167. The first kappa shape index (κ1) is 17.2. The van der Waals surface area contributed by atoms with Crippen molar-refractivity contribution in [1.29, 1.82) is 0 Å². The van der Waals surface area contributed by atoms with E-state index in [0.29, 0.717) is 18.2 Å². The third-order valence-corrected chi connectivity index (χ3v) is 3.68. The van der Waals surface area contributed by atoms with E-state index in [1.54, 1.807) is 0 Å². The summed E-state index contributed by atoms with van der Waals surface area (Å²) in [5, 5.41) is 15.6. The number of fused-ring (bicyclic) bond motifs is 1. The maximum absolute atomic E-state index is 9.55. The number of hydrogen-bond acceptors (Lipinski definition) is 4. The lowest BCUT2D eigenvalue weighted by Crippen LogP contribution is -2.18. The van der Waals surface area contributed by atoms with Gasteiger partial charge in [0.1, 0.15) is 0 Å². The molecular formula is C18H18N2O4. The Morgan fingerprint density at radius 2 is 1.67 bits per heavy atom. The van der Waals surface area contributed by atoms with Crippen LogP contribution in [0.2, 0.25) is 0 Å². The topological polar surface area (TPSA) is 90.7 Å². The molecule has 0 fully saturated rings. The molecular weight excluding hydrogens is 308 g/mol. The first-order chi connectivity index (χ1) is 11.5. The molecule has 0 bridgehead atoms. The summed E-state index contributed by atoms with van der Waals surface area (Å²) in [6, 6.07) is 13.3. The number of carboxylic acid groups (broad SMARTS) is 2. The van der Waals surface area contributed by atoms with Crippen LogP contribution in [0.5, 0.6) is 0 Å². The summed E-state index contributed by atoms with van der Waals surface area (Å²) >= 11 is 0. The molecule has 6 heteroatoms. The SMILES string of the molecule is CC1c2ccccc2CN1c1ccncc1.O=C(O)/C=C/C(=O)O. The first-order valence-electron chi connectivity index (χ1n) is 7.37. The van der Waals surface area contributed by atoms with Gasteiger partial charge in [0.2, 0.25) is 0 Å². The molecule has 1 atom stereocenters. The van der Waals surface area contributed by atoms with Crippen molar-refractivity contribution in [2.75, 3.05) is 4.90 Å². The smallest absolute Gasteiger partial charge is 0.328 e. The van der Waals surface area contributed by atoms with Crippen molar-refractivity contribution in [3.63, 3.8) is 0 Å². The lowest BCUT2D eigenvalue weighted by Gasteiger charge is -2.23. The number of nitrogens with zero attached hydrogens (tertiary/aromatic N) is 2. The molecule has 1 unspecified atom stereocenters. The standard InChI is InChI=1S/C14H14N2.C4H4O4/c1-11-14-5-3-2-4-12(14)10-16(11)13-6-8-15-9-7-13;5-3(6)1-2-4(7)8/h2-9,11H,10H2,1H3;1-2H,(H,5,6)(H,7,8)/b;2-1+. The van der Waals surface area contributed by atoms with E-state index < -0.39 is 11.9 Å². The Morgan fingerprint density at radius 3 is 2.21 bits per heavy atom. The fourth-order valence-electron chi connectivity index (χ4n) is 2.57. The molecule has 0 aliphatic carbocycles. The molecule has 3 rings (SSSR count). The number of pyridine rings is 1. The third kappa shape index (κ3) is 4.42. The van der Waals surface area contributed by atoms with E-state index in [1.807, 2.05) is 12.4 Å². The second-order valence-corrected chi connectivity index (χ2v) is 5.22. The minimum atomic E-state index is -1.26. The average molecular weight is 326 g/mol. The summed E-state index contributed by atoms with van der Waals surface area (Å²) in [5.41, 5.74) is 4.13. The maximum atomic E-state index is 9.55. The van der Waals surface area contributed by atoms with Gasteiger partial charge < -0.3 is 15.1 Å². The van der Waals surface area contributed by atoms with Crippen LogP contribution in [0.3, 0.4) is 0 Å². The zero-order valence-electron chi connectivity index (χ0n) is 13.2. The minimum absolute atomic E-state index is 0.457. The highest BCUT2D eigenvalue weighted by Crippen LogP contribution is 2.36. The molecule has 0 saturated heterocycles. The van der Waals surface area contributed by atoms with E-state index >= 15 is 0 Å². The van der Waals surface area contributed by atoms with Gasteiger partial charge in [0.05, 0.1) is 6.04 Å². The van der Waals surface area contributed by atoms with E-state index in [0.717, 1.165) is 6.54 Å². The number of carbonyl (C=O) groups is 2. The van der Waals surface area contributed by atoms with Crippen molar-refractivity contribution >= 4 is 17.6 Å². The van der Waals surface area contributed by atoms with Crippen LogP contribution in [-0.2, 0) is 16.1 Å². The van der Waals surface area contributed by atoms with Gasteiger partial charge in [-0.25, -0.2) is 9.59 Å². The number of aliphatic carboxylic acids is 2. The maximum Gasteiger partial charge on any atom is 0.328 e. The molecule has 0 spiro atoms. The number of benzene rings is 1. The van der Waals surface area contributed by atoms with Crippen molar-refractivity contribution < 1.29 is 19.8 Å². The van der Waals surface area contributed by atoms with Gasteiger partial charge in [-0.1, -0.05) is 24.3 Å². The highest BCUT2D eigenvalue weighted by atomic mass is 16.4. The van der Waals surface area contributed by atoms with Crippen LogP contribution in [0.4, 0.5) is 5.69 Å². The second-order valence-electron chi connectivity index (χ2n) is 5.22. The molecule has 0 saturated carbocycles. The number of aromatic nitrogens is 1. The van der Waals surface area contributed by atoms with E-state index in [4.69, 9.17) is 10.2 Å². The van der Waals surface area contributed by atoms with Gasteiger partial charge in [-0.2, -0.15) is 0 Å². The Hall–Kier alpha value is -3.15. The monoisotopic (exact) mass is 326 g/mol. The average Bonchev–Trinajstić information content (AvgIpc) is 2.92. The predicted molar refractivity (Wildman–Crippen MR) is 89.7 cm³/mol. The molecule has 6 nitrogen and oxygen atoms in total. The second kappa shape index (κ2) is 7.92. The Kier molecular flexibility index (Phi) is 5.68. The molecule has 1 aromatic carbocycles. The molecule has 2 aromatic rings. The summed E-state index contributed by atoms with van der Waals surface area (Å²) in [6.45, 7) is 3.26. The third-order valence-electron chi connectivity index (χ3n) is 3.68. The molecule has 24 heavy (non-hydrogen) atoms. The van der Waals surface area contributed by atoms with Crippen LogP contribution in [0.15, 0.2) is 60.9 Å². The van der Waals surface area contributed by atoms with Gasteiger partial charge in [-0.3, -0.25) is 4.98 Å². The van der Waals surface area contributed by atoms with Gasteiger partial charge in [0, 0.05) is 36.8 Å². The van der Waals surface area contributed by atoms with E-state index in [1.165, 1.54) is 16.8 Å². The van der Waals surface area contributed by atoms with Crippen molar-refractivity contribution in [1.82, 2.24) is 4.98 Å². The van der Waals surface area contributed by atoms with E-state index in [9.17, 15) is 9.59 Å². The Bertz CT molecular complexity index is 728. The molecule has 0 amide bonds. The number of anilines is 1. The van der Waals surface area contributed by atoms with Crippen LogP contribution in [0, 0.1) is 0 Å². The summed E-state index contributed by atoms with van der Waals surface area (Å²) in [5.74, 6) is -2.51. The predicted octanol–water partition coefficient (Wildman–Crippen LogP) is 2.87. The summed E-state index contributed by atoms with van der Waals surface area (Å²) in [7, 11) is 0. The van der Waals surface area contributed by atoms with Crippen LogP contribution in [-0.4, -0.2) is 27.1 Å². The molecule has 1 aliphatic rings. The zero-order valence-corrected chi connectivity index (χ0v) is 13.2. The fourth-order valence-corrected chi connectivity index (χ4v) is 2.57. The van der Waals surface area contributed by atoms with Gasteiger partial charge in [0.25, 0.3) is 0 Å². The summed E-state index contributed by atoms with van der Waals surface area (Å²) in [6.07, 6.45) is 4.82. The van der Waals surface area contributed by atoms with Crippen LogP contribution >= 0.6 is 0 Å². The van der Waals surface area contributed by atoms with Crippen LogP contribution in [0.1, 0.15) is 24.1 Å². The van der Waals surface area contributed by atoms with Crippen LogP contribution < -0.4 is 4.90 Å². The first-order valence-corrected chi connectivity index (χ1v) is 7.37. The minimum Gasteiger partial charge on any atom is -0.478 e. The highest BCUT2D eigenvalue weighted by Gasteiger charge is 2.25. The van der Waals surface area contributed by atoms with Crippen molar-refractivity contribution in [3.8, 4) is 0 Å². The normalized spacial score (nSPS) is 15.5. The Balaban J connectivity index is 0.000000224. The van der Waals surface area contributed by atoms with Crippen molar-refractivity contribution in [2.45, 2.75) is 19.5 Å². The molecule has 1 aromatic heterocycles. The summed E-state index contributed by atoms with van der Waals surface area (Å²) in [4.78, 5) is 25.6. The van der Waals surface area contributed by atoms with Gasteiger partial charge >= 0.3 is 11.9 Å². The van der Waals surface area contributed by atoms with Gasteiger partial charge in [0.15, 0.2) is 0 Å². The Labute approximate surface area is 139 Å². The molecule has 0 radical (unpaired) electrons. The quantitative estimate of drug-likeness (QED) is 0.843. The lowest BCUT2D eigenvalue weighted by atomic mass is 10.1.